The number of fused-ring (bicyclic) bond motifs is 7. The second-order valence-corrected chi connectivity index (χ2v) is 24.1. The molecule has 3 unspecified atom stereocenters. The van der Waals surface area contributed by atoms with Crippen LogP contribution in [0.1, 0.15) is 106 Å². The van der Waals surface area contributed by atoms with Crippen molar-refractivity contribution in [1.29, 1.82) is 0 Å². The number of carbonyl (C=O) groups excluding carboxylic acids is 2. The van der Waals surface area contributed by atoms with E-state index in [1.807, 2.05) is 6.92 Å². The molecule has 0 amide bonds. The van der Waals surface area contributed by atoms with Gasteiger partial charge in [0, 0.05) is 5.41 Å². The summed E-state index contributed by atoms with van der Waals surface area (Å²) < 4.78 is 42.4. The number of rotatable bonds is 12. The molecule has 0 bridgehead atoms. The molecule has 0 aromatic rings. The molecular formula is C50H80O21. The van der Waals surface area contributed by atoms with Crippen LogP contribution in [0.2, 0.25) is 0 Å². The largest absolute Gasteiger partial charge is 0.457 e. The molecule has 7 fully saturated rings. The zero-order chi connectivity index (χ0) is 52.1. The van der Waals surface area contributed by atoms with Crippen molar-refractivity contribution in [1.82, 2.24) is 0 Å². The maximum Gasteiger partial charge on any atom is 0.317 e. The summed E-state index contributed by atoms with van der Waals surface area (Å²) in [6.07, 6.45) is -21.3. The molecule has 12 N–H and O–H groups in total. The van der Waals surface area contributed by atoms with Crippen molar-refractivity contribution < 1.29 is 104 Å². The van der Waals surface area contributed by atoms with Gasteiger partial charge in [0.15, 0.2) is 18.7 Å². The maximum absolute atomic E-state index is 15.6. The van der Waals surface area contributed by atoms with E-state index in [1.54, 1.807) is 0 Å². The molecule has 25 atom stereocenters. The Balaban J connectivity index is 1.21. The van der Waals surface area contributed by atoms with E-state index in [9.17, 15) is 66.1 Å². The summed E-state index contributed by atoms with van der Waals surface area (Å²) in [7, 11) is 0. The fourth-order valence-electron chi connectivity index (χ4n) is 15.2. The van der Waals surface area contributed by atoms with Crippen LogP contribution in [0, 0.1) is 50.2 Å². The first-order chi connectivity index (χ1) is 33.2. The predicted octanol–water partition coefficient (Wildman–Crippen LogP) is -1.35. The minimum absolute atomic E-state index is 0.0901. The van der Waals surface area contributed by atoms with Crippen LogP contribution in [0.4, 0.5) is 0 Å². The molecule has 0 aromatic carbocycles. The lowest BCUT2D eigenvalue weighted by Crippen LogP contribution is -2.70. The number of hydrogen-bond acceptors (Lipinski definition) is 21. The number of esters is 2. The van der Waals surface area contributed by atoms with E-state index < -0.39 is 175 Å². The number of aliphatic hydroxyl groups is 12. The smallest absolute Gasteiger partial charge is 0.317 e. The first-order valence-electron chi connectivity index (χ1n) is 25.5. The minimum Gasteiger partial charge on any atom is -0.457 e. The highest BCUT2D eigenvalue weighted by atomic mass is 16.8. The minimum atomic E-state index is -1.92. The fraction of sp³-hybridized carbons (Fsp3) is 0.920. The lowest BCUT2D eigenvalue weighted by Gasteiger charge is -2.72. The third-order valence-electron chi connectivity index (χ3n) is 19.4. The molecule has 0 aromatic heterocycles. The number of carbonyl (C=O) groups is 2. The third-order valence-corrected chi connectivity index (χ3v) is 19.4. The Kier molecular flexibility index (Phi) is 15.4. The highest BCUT2D eigenvalue weighted by Gasteiger charge is 2.73. The van der Waals surface area contributed by atoms with E-state index in [4.69, 9.17) is 33.2 Å². The molecule has 71 heavy (non-hydrogen) atoms. The van der Waals surface area contributed by atoms with Crippen LogP contribution in [0.5, 0.6) is 0 Å². The van der Waals surface area contributed by atoms with Crippen molar-refractivity contribution >= 4 is 11.9 Å². The van der Waals surface area contributed by atoms with Gasteiger partial charge in [-0.05, 0) is 97.7 Å². The van der Waals surface area contributed by atoms with Crippen molar-refractivity contribution in [3.63, 3.8) is 0 Å². The maximum atomic E-state index is 15.6. The molecule has 8 rings (SSSR count). The number of ether oxygens (including phenoxy) is 7. The summed E-state index contributed by atoms with van der Waals surface area (Å²) in [5.74, 6) is -2.65. The molecule has 0 radical (unpaired) electrons. The Hall–Kier alpha value is -2.00. The van der Waals surface area contributed by atoms with Crippen LogP contribution >= 0.6 is 0 Å². The highest BCUT2D eigenvalue weighted by Crippen LogP contribution is 2.76. The summed E-state index contributed by atoms with van der Waals surface area (Å²) in [5, 5.41) is 131. The second kappa shape index (κ2) is 19.9. The number of allylic oxidation sites excluding steroid dienone is 2. The third kappa shape index (κ3) is 8.94. The van der Waals surface area contributed by atoms with Crippen LogP contribution in [-0.4, -0.2) is 204 Å². The average Bonchev–Trinajstić information content (AvgIpc) is 3.57. The number of hydrogen-bond donors (Lipinski definition) is 12. The van der Waals surface area contributed by atoms with E-state index in [2.05, 4.69) is 40.7 Å². The lowest BCUT2D eigenvalue weighted by molar-refractivity contribution is -0.370. The van der Waals surface area contributed by atoms with Crippen LogP contribution in [0.3, 0.4) is 0 Å². The molecule has 3 saturated heterocycles. The SMILES string of the molecule is CC(O)CC(=O)O[C@@H]1CO[C@@H](OC2[C@H](O[C@@H]3C[C@@]4(C)C(=CC[C@H]5[C@]6(C)C[C@@H](O)[C@@H](O)[C@@](C)(CO)[C@H]6CC[C@@]54C)[C@H]4CC(C)(C)CC[C@@]43C(=O)O[C@@H]3O[C@H](CO)[C@H](O)C3O)O[C@@H](CO)[C@@H](O)[C@@H]2O)[C@@H](O)[C@@H]1O. The second-order valence-electron chi connectivity index (χ2n) is 24.1. The average molecular weight is 1020 g/mol. The van der Waals surface area contributed by atoms with Crippen molar-refractivity contribution in [3.8, 4) is 0 Å². The van der Waals surface area contributed by atoms with E-state index >= 15 is 4.79 Å². The van der Waals surface area contributed by atoms with Gasteiger partial charge in [-0.1, -0.05) is 53.2 Å². The molecule has 21 nitrogen and oxygen atoms in total. The quantitative estimate of drug-likeness (QED) is 0.0795. The molecule has 3 heterocycles. The van der Waals surface area contributed by atoms with Crippen LogP contribution in [-0.2, 0) is 42.7 Å². The standard InChI is InChI=1S/C50H80O21/c1-22(54)14-32(56)66-28-20-65-41(37(61)35(28)59)70-39-36(60)33(57)26(18-51)68-43(39)69-31-17-49(7)23(8-9-30-46(4)16-25(55)40(63)47(5,21-53)29(46)10-11-48(30,49)6)24-15-45(2,3)12-13-50(24,31)44(64)71-42-38(62)34(58)27(19-52)67-42/h8,22,24-31,33-43,51-55,57-63H,9-21H2,1-7H3/t22?,24-,25-,26+,27-,28-,29+,30+,31-,33-,34+,35-,36+,37+,38?,39?,40-,41+,42+,43+,46-,47+,48+,49+,50-/m1/s1. The normalized spacial score (nSPS) is 51.9. The Morgan fingerprint density at radius 1 is 0.732 bits per heavy atom. The van der Waals surface area contributed by atoms with Crippen LogP contribution in [0.15, 0.2) is 11.6 Å². The van der Waals surface area contributed by atoms with Crippen LogP contribution in [0.25, 0.3) is 0 Å². The fourth-order valence-corrected chi connectivity index (χ4v) is 15.2. The van der Waals surface area contributed by atoms with Gasteiger partial charge in [0.1, 0.15) is 60.4 Å². The molecule has 0 spiro atoms. The Morgan fingerprint density at radius 2 is 1.37 bits per heavy atom. The van der Waals surface area contributed by atoms with Gasteiger partial charge in [-0.15, -0.1) is 0 Å². The van der Waals surface area contributed by atoms with Crippen molar-refractivity contribution in [3.05, 3.63) is 11.6 Å². The molecule has 406 valence electrons. The number of aliphatic hydroxyl groups excluding tert-OH is 12. The van der Waals surface area contributed by atoms with Gasteiger partial charge in [0.05, 0.1) is 57.3 Å². The van der Waals surface area contributed by atoms with Gasteiger partial charge in [-0.2, -0.15) is 0 Å². The van der Waals surface area contributed by atoms with Crippen molar-refractivity contribution in [2.45, 2.75) is 211 Å². The molecule has 21 heteroatoms. The predicted molar refractivity (Wildman–Crippen MR) is 243 cm³/mol. The molecule has 3 aliphatic heterocycles. The van der Waals surface area contributed by atoms with Gasteiger partial charge in [-0.3, -0.25) is 9.59 Å². The Labute approximate surface area is 414 Å². The Morgan fingerprint density at radius 3 is 2.00 bits per heavy atom. The zero-order valence-electron chi connectivity index (χ0n) is 41.9. The molecule has 4 saturated carbocycles. The zero-order valence-corrected chi connectivity index (χ0v) is 41.9. The summed E-state index contributed by atoms with van der Waals surface area (Å²) >= 11 is 0. The van der Waals surface area contributed by atoms with E-state index in [-0.39, 0.29) is 43.1 Å². The van der Waals surface area contributed by atoms with E-state index in [0.29, 0.717) is 32.1 Å². The van der Waals surface area contributed by atoms with Gasteiger partial charge >= 0.3 is 11.9 Å². The highest BCUT2D eigenvalue weighted by molar-refractivity contribution is 5.80. The van der Waals surface area contributed by atoms with Gasteiger partial charge < -0.3 is 94.4 Å². The van der Waals surface area contributed by atoms with Gasteiger partial charge in [0.25, 0.3) is 0 Å². The van der Waals surface area contributed by atoms with E-state index in [0.717, 1.165) is 5.57 Å². The first kappa shape index (κ1) is 55.2. The lowest BCUT2D eigenvalue weighted by atomic mass is 9.33. The Bertz CT molecular complexity index is 1970. The topological polar surface area (TPSA) is 342 Å². The molecule has 8 aliphatic rings. The molecular weight excluding hydrogens is 937 g/mol. The summed E-state index contributed by atoms with van der Waals surface area (Å²) in [6, 6.07) is 0. The summed E-state index contributed by atoms with van der Waals surface area (Å²) in [6.45, 7) is 11.6. The van der Waals surface area contributed by atoms with Crippen LogP contribution < -0.4 is 0 Å². The van der Waals surface area contributed by atoms with Gasteiger partial charge in [-0.25, -0.2) is 0 Å². The summed E-state index contributed by atoms with van der Waals surface area (Å²) in [5.41, 5.74) is -4.02. The summed E-state index contributed by atoms with van der Waals surface area (Å²) in [4.78, 5) is 28.0. The van der Waals surface area contributed by atoms with Gasteiger partial charge in [0.2, 0.25) is 6.29 Å². The monoisotopic (exact) mass is 1020 g/mol. The first-order valence-corrected chi connectivity index (χ1v) is 25.5. The molecule has 5 aliphatic carbocycles. The van der Waals surface area contributed by atoms with Crippen molar-refractivity contribution in [2.75, 3.05) is 26.4 Å². The van der Waals surface area contributed by atoms with Crippen molar-refractivity contribution in [2.24, 2.45) is 50.2 Å². The van der Waals surface area contributed by atoms with E-state index in [1.165, 1.54) is 6.92 Å².